The number of pyridine rings is 1. The molecule has 10 heteroatoms. The minimum absolute atomic E-state index is 0.0360. The molecule has 2 aromatic heterocycles. The highest BCUT2D eigenvalue weighted by atomic mass is 19.4. The van der Waals surface area contributed by atoms with Crippen molar-refractivity contribution in [1.82, 2.24) is 15.0 Å². The summed E-state index contributed by atoms with van der Waals surface area (Å²) in [5.41, 5.74) is 1.21. The molecule has 0 aromatic carbocycles. The van der Waals surface area contributed by atoms with E-state index >= 15 is 0 Å². The van der Waals surface area contributed by atoms with Gasteiger partial charge in [0.15, 0.2) is 0 Å². The standard InChI is InChI=1S/C14H15F3N6O/c1-7-9(6-20-12-10(7)19-3-4-24-12)22-13-21-5-8(14(15,16)17)11(18-2)23-13/h5-6,19H,3-4H2,1-2H3,(H2,18,21,22,23). The quantitative estimate of drug-likeness (QED) is 0.792. The van der Waals surface area contributed by atoms with Gasteiger partial charge in [0, 0.05) is 25.4 Å². The number of aromatic nitrogens is 3. The summed E-state index contributed by atoms with van der Waals surface area (Å²) < 4.78 is 44.1. The first-order valence-corrected chi connectivity index (χ1v) is 7.15. The number of alkyl halides is 3. The summed E-state index contributed by atoms with van der Waals surface area (Å²) in [6.45, 7) is 3.02. The molecule has 0 unspecified atom stereocenters. The van der Waals surface area contributed by atoms with Crippen LogP contribution in [0, 0.1) is 6.92 Å². The zero-order valence-corrected chi connectivity index (χ0v) is 13.0. The summed E-state index contributed by atoms with van der Waals surface area (Å²) in [5, 5.41) is 8.50. The Hall–Kier alpha value is -2.78. The highest BCUT2D eigenvalue weighted by Crippen LogP contribution is 2.35. The Kier molecular flexibility index (Phi) is 4.04. The number of nitrogens with zero attached hydrogens (tertiary/aromatic N) is 3. The SMILES string of the molecule is CNc1nc(Nc2cnc3c(c2C)NCCO3)ncc1C(F)(F)F. The Bertz CT molecular complexity index is 765. The molecule has 0 saturated heterocycles. The van der Waals surface area contributed by atoms with Crippen LogP contribution < -0.4 is 20.7 Å². The van der Waals surface area contributed by atoms with Crippen molar-refractivity contribution in [1.29, 1.82) is 0 Å². The first-order valence-electron chi connectivity index (χ1n) is 7.15. The number of fused-ring (bicyclic) bond motifs is 1. The maximum Gasteiger partial charge on any atom is 0.421 e. The smallest absolute Gasteiger partial charge is 0.421 e. The first kappa shape index (κ1) is 16.1. The molecule has 128 valence electrons. The van der Waals surface area contributed by atoms with E-state index in [1.165, 1.54) is 13.2 Å². The summed E-state index contributed by atoms with van der Waals surface area (Å²) >= 11 is 0. The van der Waals surface area contributed by atoms with Gasteiger partial charge in [0.2, 0.25) is 11.8 Å². The van der Waals surface area contributed by atoms with Gasteiger partial charge in [-0.25, -0.2) is 9.97 Å². The van der Waals surface area contributed by atoms with Gasteiger partial charge in [0.1, 0.15) is 23.7 Å². The van der Waals surface area contributed by atoms with Crippen LogP contribution in [0.2, 0.25) is 0 Å². The van der Waals surface area contributed by atoms with E-state index in [4.69, 9.17) is 4.74 Å². The molecule has 24 heavy (non-hydrogen) atoms. The fourth-order valence-corrected chi connectivity index (χ4v) is 2.31. The van der Waals surface area contributed by atoms with Gasteiger partial charge >= 0.3 is 6.18 Å². The van der Waals surface area contributed by atoms with Crippen LogP contribution in [0.25, 0.3) is 0 Å². The number of nitrogens with one attached hydrogen (secondary N) is 3. The molecule has 0 spiro atoms. The molecule has 0 aliphatic carbocycles. The van der Waals surface area contributed by atoms with Crippen LogP contribution in [0.1, 0.15) is 11.1 Å². The average Bonchev–Trinajstić information content (AvgIpc) is 2.56. The van der Waals surface area contributed by atoms with Gasteiger partial charge in [-0.05, 0) is 6.92 Å². The Labute approximate surface area is 135 Å². The van der Waals surface area contributed by atoms with Crippen LogP contribution in [0.15, 0.2) is 12.4 Å². The molecule has 7 nitrogen and oxygen atoms in total. The minimum atomic E-state index is -4.53. The summed E-state index contributed by atoms with van der Waals surface area (Å²) in [5.74, 6) is 0.229. The van der Waals surface area contributed by atoms with E-state index in [9.17, 15) is 13.2 Å². The summed E-state index contributed by atoms with van der Waals surface area (Å²) in [7, 11) is 1.37. The monoisotopic (exact) mass is 340 g/mol. The fourth-order valence-electron chi connectivity index (χ4n) is 2.31. The molecule has 0 amide bonds. The number of hydrogen-bond acceptors (Lipinski definition) is 7. The molecule has 0 bridgehead atoms. The molecular weight excluding hydrogens is 325 g/mol. The third kappa shape index (κ3) is 2.99. The lowest BCUT2D eigenvalue weighted by Crippen LogP contribution is -2.20. The van der Waals surface area contributed by atoms with Gasteiger partial charge in [-0.3, -0.25) is 0 Å². The van der Waals surface area contributed by atoms with Gasteiger partial charge in [-0.2, -0.15) is 18.2 Å². The summed E-state index contributed by atoms with van der Waals surface area (Å²) in [6, 6.07) is 0. The van der Waals surface area contributed by atoms with Crippen molar-refractivity contribution in [3.8, 4) is 5.88 Å². The van der Waals surface area contributed by atoms with Gasteiger partial charge < -0.3 is 20.7 Å². The van der Waals surface area contributed by atoms with Crippen LogP contribution in [-0.4, -0.2) is 35.2 Å². The van der Waals surface area contributed by atoms with Crippen LogP contribution >= 0.6 is 0 Å². The Balaban J connectivity index is 1.92. The van der Waals surface area contributed by atoms with Crippen LogP contribution in [-0.2, 0) is 6.18 Å². The van der Waals surface area contributed by atoms with Crippen molar-refractivity contribution in [2.45, 2.75) is 13.1 Å². The van der Waals surface area contributed by atoms with Crippen molar-refractivity contribution in [3.63, 3.8) is 0 Å². The summed E-state index contributed by atoms with van der Waals surface area (Å²) in [6.07, 6.45) is -2.26. The van der Waals surface area contributed by atoms with E-state index in [2.05, 4.69) is 30.9 Å². The van der Waals surface area contributed by atoms with Crippen molar-refractivity contribution >= 4 is 23.1 Å². The molecule has 0 fully saturated rings. The highest BCUT2D eigenvalue weighted by molar-refractivity contribution is 5.71. The average molecular weight is 340 g/mol. The predicted molar refractivity (Wildman–Crippen MR) is 82.8 cm³/mol. The molecule has 3 heterocycles. The number of anilines is 4. The molecule has 3 N–H and O–H groups in total. The normalized spacial score (nSPS) is 13.5. The molecule has 0 radical (unpaired) electrons. The Morgan fingerprint density at radius 3 is 2.75 bits per heavy atom. The maximum atomic E-state index is 12.9. The maximum absolute atomic E-state index is 12.9. The van der Waals surface area contributed by atoms with Gasteiger partial charge in [-0.15, -0.1) is 0 Å². The molecule has 1 aliphatic heterocycles. The van der Waals surface area contributed by atoms with Crippen molar-refractivity contribution < 1.29 is 17.9 Å². The summed E-state index contributed by atoms with van der Waals surface area (Å²) in [4.78, 5) is 11.8. The van der Waals surface area contributed by atoms with Crippen molar-refractivity contribution in [3.05, 3.63) is 23.5 Å². The third-order valence-electron chi connectivity index (χ3n) is 3.52. The molecule has 0 atom stereocenters. The largest absolute Gasteiger partial charge is 0.474 e. The number of halogens is 3. The van der Waals surface area contributed by atoms with Gasteiger partial charge in [-0.1, -0.05) is 0 Å². The van der Waals surface area contributed by atoms with E-state index in [1.807, 2.05) is 6.92 Å². The van der Waals surface area contributed by atoms with Gasteiger partial charge in [0.05, 0.1) is 11.9 Å². The van der Waals surface area contributed by atoms with Gasteiger partial charge in [0.25, 0.3) is 0 Å². The lowest BCUT2D eigenvalue weighted by atomic mass is 10.2. The lowest BCUT2D eigenvalue weighted by molar-refractivity contribution is -0.137. The number of hydrogen-bond donors (Lipinski definition) is 3. The molecule has 1 aliphatic rings. The fraction of sp³-hybridized carbons (Fsp3) is 0.357. The van der Waals surface area contributed by atoms with E-state index < -0.39 is 11.7 Å². The molecule has 2 aromatic rings. The third-order valence-corrected chi connectivity index (χ3v) is 3.52. The van der Waals surface area contributed by atoms with E-state index in [-0.39, 0.29) is 11.8 Å². The molecular formula is C14H15F3N6O. The van der Waals surface area contributed by atoms with Crippen LogP contribution in [0.5, 0.6) is 5.88 Å². The van der Waals surface area contributed by atoms with Crippen molar-refractivity contribution in [2.75, 3.05) is 36.1 Å². The predicted octanol–water partition coefficient (Wildman–Crippen LogP) is 2.79. The van der Waals surface area contributed by atoms with Crippen molar-refractivity contribution in [2.24, 2.45) is 0 Å². The van der Waals surface area contributed by atoms with E-state index in [0.29, 0.717) is 24.7 Å². The van der Waals surface area contributed by atoms with E-state index in [0.717, 1.165) is 17.4 Å². The number of rotatable bonds is 3. The second-order valence-corrected chi connectivity index (χ2v) is 5.08. The number of ether oxygens (including phenoxy) is 1. The zero-order chi connectivity index (χ0) is 17.3. The topological polar surface area (TPSA) is 84.0 Å². The van der Waals surface area contributed by atoms with Crippen LogP contribution in [0.4, 0.5) is 36.3 Å². The molecule has 0 saturated carbocycles. The van der Waals surface area contributed by atoms with E-state index in [1.54, 1.807) is 0 Å². The highest BCUT2D eigenvalue weighted by Gasteiger charge is 2.35. The second kappa shape index (κ2) is 6.02. The van der Waals surface area contributed by atoms with Crippen LogP contribution in [0.3, 0.4) is 0 Å². The Morgan fingerprint density at radius 2 is 2.04 bits per heavy atom. The first-order chi connectivity index (χ1) is 11.4. The minimum Gasteiger partial charge on any atom is -0.474 e. The molecule has 3 rings (SSSR count). The second-order valence-electron chi connectivity index (χ2n) is 5.08. The lowest BCUT2D eigenvalue weighted by Gasteiger charge is -2.21. The zero-order valence-electron chi connectivity index (χ0n) is 13.0. The Morgan fingerprint density at radius 1 is 1.25 bits per heavy atom.